The fourth-order valence-electron chi connectivity index (χ4n) is 1.36. The molecule has 0 saturated heterocycles. The minimum Gasteiger partial charge on any atom is -0.352 e. The minimum absolute atomic E-state index is 0.0279. The van der Waals surface area contributed by atoms with Crippen molar-refractivity contribution in [3.8, 4) is 0 Å². The van der Waals surface area contributed by atoms with Crippen LogP contribution in [0, 0.1) is 0 Å². The first kappa shape index (κ1) is 14.9. The van der Waals surface area contributed by atoms with Crippen LogP contribution in [-0.2, 0) is 9.59 Å². The van der Waals surface area contributed by atoms with E-state index in [0.717, 1.165) is 12.8 Å². The summed E-state index contributed by atoms with van der Waals surface area (Å²) in [6.07, 6.45) is 2.77. The molecule has 0 aliphatic carbocycles. The van der Waals surface area contributed by atoms with Crippen molar-refractivity contribution in [1.29, 1.82) is 0 Å². The van der Waals surface area contributed by atoms with Gasteiger partial charge < -0.3 is 10.6 Å². The SMILES string of the molecule is CCCC(=O)NC(C)C(C)NC(=O)CCC. The molecule has 2 amide bonds. The highest BCUT2D eigenvalue weighted by Crippen LogP contribution is 1.96. The Balaban J connectivity index is 3.93. The van der Waals surface area contributed by atoms with Crippen molar-refractivity contribution in [2.75, 3.05) is 0 Å². The molecule has 0 aromatic heterocycles. The summed E-state index contributed by atoms with van der Waals surface area (Å²) in [6.45, 7) is 7.75. The predicted octanol–water partition coefficient (Wildman–Crippen LogP) is 1.60. The van der Waals surface area contributed by atoms with E-state index in [1.54, 1.807) is 0 Å². The number of hydrogen-bond donors (Lipinski definition) is 2. The molecular formula is C12H24N2O2. The van der Waals surface area contributed by atoms with E-state index in [-0.39, 0.29) is 23.9 Å². The second-order valence-electron chi connectivity index (χ2n) is 4.21. The van der Waals surface area contributed by atoms with Gasteiger partial charge in [0, 0.05) is 24.9 Å². The fourth-order valence-corrected chi connectivity index (χ4v) is 1.36. The van der Waals surface area contributed by atoms with Crippen molar-refractivity contribution in [1.82, 2.24) is 10.6 Å². The van der Waals surface area contributed by atoms with E-state index in [2.05, 4.69) is 10.6 Å². The van der Waals surface area contributed by atoms with Gasteiger partial charge in [-0.1, -0.05) is 13.8 Å². The largest absolute Gasteiger partial charge is 0.352 e. The molecule has 0 fully saturated rings. The zero-order valence-corrected chi connectivity index (χ0v) is 10.8. The van der Waals surface area contributed by atoms with Gasteiger partial charge >= 0.3 is 0 Å². The molecule has 16 heavy (non-hydrogen) atoms. The summed E-state index contributed by atoms with van der Waals surface area (Å²) in [5, 5.41) is 5.75. The van der Waals surface area contributed by atoms with E-state index >= 15 is 0 Å². The Hall–Kier alpha value is -1.06. The normalized spacial score (nSPS) is 14.0. The third-order valence-electron chi connectivity index (χ3n) is 2.48. The van der Waals surface area contributed by atoms with Gasteiger partial charge in [-0.05, 0) is 26.7 Å². The molecule has 0 rings (SSSR count). The molecule has 4 heteroatoms. The second kappa shape index (κ2) is 8.13. The summed E-state index contributed by atoms with van der Waals surface area (Å²) in [5.74, 6) is 0.0955. The van der Waals surface area contributed by atoms with Crippen LogP contribution in [0.3, 0.4) is 0 Å². The third-order valence-corrected chi connectivity index (χ3v) is 2.48. The molecule has 2 N–H and O–H groups in total. The summed E-state index contributed by atoms with van der Waals surface area (Å²) in [5.41, 5.74) is 0. The first-order chi connectivity index (χ1) is 7.51. The van der Waals surface area contributed by atoms with Gasteiger partial charge in [-0.2, -0.15) is 0 Å². The van der Waals surface area contributed by atoms with Crippen LogP contribution in [0.4, 0.5) is 0 Å². The maximum atomic E-state index is 11.3. The second-order valence-corrected chi connectivity index (χ2v) is 4.21. The smallest absolute Gasteiger partial charge is 0.220 e. The molecular weight excluding hydrogens is 204 g/mol. The Labute approximate surface area is 98.2 Å². The van der Waals surface area contributed by atoms with Gasteiger partial charge in [0.15, 0.2) is 0 Å². The molecule has 94 valence electrons. The van der Waals surface area contributed by atoms with E-state index in [1.165, 1.54) is 0 Å². The molecule has 0 aromatic rings. The molecule has 0 aliphatic rings. The van der Waals surface area contributed by atoms with Crippen molar-refractivity contribution in [2.24, 2.45) is 0 Å². The lowest BCUT2D eigenvalue weighted by Gasteiger charge is -2.22. The quantitative estimate of drug-likeness (QED) is 0.695. The van der Waals surface area contributed by atoms with Crippen molar-refractivity contribution < 1.29 is 9.59 Å². The van der Waals surface area contributed by atoms with Crippen molar-refractivity contribution in [3.05, 3.63) is 0 Å². The molecule has 0 spiro atoms. The highest BCUT2D eigenvalue weighted by atomic mass is 16.2. The van der Waals surface area contributed by atoms with Crippen LogP contribution in [0.25, 0.3) is 0 Å². The maximum Gasteiger partial charge on any atom is 0.220 e. The van der Waals surface area contributed by atoms with Crippen molar-refractivity contribution >= 4 is 11.8 Å². The lowest BCUT2D eigenvalue weighted by atomic mass is 10.1. The van der Waals surface area contributed by atoms with Crippen LogP contribution < -0.4 is 10.6 Å². The summed E-state index contributed by atoms with van der Waals surface area (Å²) in [6, 6.07) is -0.0558. The molecule has 0 saturated carbocycles. The molecule has 0 aliphatic heterocycles. The van der Waals surface area contributed by atoms with Crippen LogP contribution in [-0.4, -0.2) is 23.9 Å². The van der Waals surface area contributed by atoms with Crippen LogP contribution >= 0.6 is 0 Å². The van der Waals surface area contributed by atoms with E-state index in [4.69, 9.17) is 0 Å². The Kier molecular flexibility index (Phi) is 7.60. The Bertz CT molecular complexity index is 205. The topological polar surface area (TPSA) is 58.2 Å². The fraction of sp³-hybridized carbons (Fsp3) is 0.833. The summed E-state index contributed by atoms with van der Waals surface area (Å²) in [4.78, 5) is 22.7. The zero-order chi connectivity index (χ0) is 12.6. The first-order valence-electron chi connectivity index (χ1n) is 6.09. The van der Waals surface area contributed by atoms with Crippen LogP contribution in [0.1, 0.15) is 53.4 Å². The van der Waals surface area contributed by atoms with E-state index in [9.17, 15) is 9.59 Å². The molecule has 2 unspecified atom stereocenters. The minimum atomic E-state index is -0.0279. The third kappa shape index (κ3) is 6.43. The van der Waals surface area contributed by atoms with Crippen molar-refractivity contribution in [2.45, 2.75) is 65.5 Å². The average Bonchev–Trinajstić information content (AvgIpc) is 2.17. The number of nitrogens with one attached hydrogen (secondary N) is 2. The summed E-state index contributed by atoms with van der Waals surface area (Å²) < 4.78 is 0. The Morgan fingerprint density at radius 1 is 0.875 bits per heavy atom. The number of carbonyl (C=O) groups excluding carboxylic acids is 2. The van der Waals surface area contributed by atoms with Crippen LogP contribution in [0.15, 0.2) is 0 Å². The monoisotopic (exact) mass is 228 g/mol. The first-order valence-corrected chi connectivity index (χ1v) is 6.09. The number of amides is 2. The lowest BCUT2D eigenvalue weighted by molar-refractivity contribution is -0.124. The summed E-state index contributed by atoms with van der Waals surface area (Å²) in [7, 11) is 0. The Morgan fingerprint density at radius 3 is 1.44 bits per heavy atom. The lowest BCUT2D eigenvalue weighted by Crippen LogP contribution is -2.48. The van der Waals surface area contributed by atoms with E-state index in [0.29, 0.717) is 12.8 Å². The predicted molar refractivity (Wildman–Crippen MR) is 65.0 cm³/mol. The zero-order valence-electron chi connectivity index (χ0n) is 10.8. The van der Waals surface area contributed by atoms with Gasteiger partial charge in [-0.25, -0.2) is 0 Å². The highest BCUT2D eigenvalue weighted by Gasteiger charge is 2.15. The van der Waals surface area contributed by atoms with Gasteiger partial charge in [0.25, 0.3) is 0 Å². The maximum absolute atomic E-state index is 11.3. The standard InChI is InChI=1S/C12H24N2O2/c1-5-7-11(15)13-9(3)10(4)14-12(16)8-6-2/h9-10H,5-8H2,1-4H3,(H,13,15)(H,14,16). The number of rotatable bonds is 7. The van der Waals surface area contributed by atoms with E-state index < -0.39 is 0 Å². The van der Waals surface area contributed by atoms with Crippen LogP contribution in [0.2, 0.25) is 0 Å². The summed E-state index contributed by atoms with van der Waals surface area (Å²) >= 11 is 0. The molecule has 0 radical (unpaired) electrons. The molecule has 4 nitrogen and oxygen atoms in total. The average molecular weight is 228 g/mol. The molecule has 0 bridgehead atoms. The van der Waals surface area contributed by atoms with Gasteiger partial charge in [0.1, 0.15) is 0 Å². The highest BCUT2D eigenvalue weighted by molar-refractivity contribution is 5.77. The van der Waals surface area contributed by atoms with E-state index in [1.807, 2.05) is 27.7 Å². The molecule has 0 heterocycles. The Morgan fingerprint density at radius 2 is 1.19 bits per heavy atom. The number of carbonyl (C=O) groups is 2. The number of hydrogen-bond acceptors (Lipinski definition) is 2. The van der Waals surface area contributed by atoms with Gasteiger partial charge in [0.2, 0.25) is 11.8 Å². The van der Waals surface area contributed by atoms with Crippen molar-refractivity contribution in [3.63, 3.8) is 0 Å². The van der Waals surface area contributed by atoms with Crippen LogP contribution in [0.5, 0.6) is 0 Å². The van der Waals surface area contributed by atoms with Gasteiger partial charge in [-0.15, -0.1) is 0 Å². The molecule has 2 atom stereocenters. The van der Waals surface area contributed by atoms with Gasteiger partial charge in [-0.3, -0.25) is 9.59 Å². The van der Waals surface area contributed by atoms with Gasteiger partial charge in [0.05, 0.1) is 0 Å². The molecule has 0 aromatic carbocycles.